The lowest BCUT2D eigenvalue weighted by atomic mass is 10.3. The molecule has 0 amide bonds. The SMILES string of the molecule is CN.Cc1cnc(Cl)c(NS(=O)(=O)CCN2CCOCC2)c1. The summed E-state index contributed by atoms with van der Waals surface area (Å²) < 4.78 is 31.8. The fourth-order valence-corrected chi connectivity index (χ4v) is 3.21. The second-order valence-electron chi connectivity index (χ2n) is 4.73. The number of pyridine rings is 1. The van der Waals surface area contributed by atoms with Crippen molar-refractivity contribution < 1.29 is 13.2 Å². The van der Waals surface area contributed by atoms with Crippen molar-refractivity contribution in [1.82, 2.24) is 9.88 Å². The Kier molecular flexibility index (Phi) is 8.05. The average Bonchev–Trinajstić information content (AvgIpc) is 2.52. The number of nitrogens with one attached hydrogen (secondary N) is 1. The maximum Gasteiger partial charge on any atom is 0.234 e. The van der Waals surface area contributed by atoms with Crippen LogP contribution in [0.4, 0.5) is 5.69 Å². The van der Waals surface area contributed by atoms with Gasteiger partial charge in [-0.25, -0.2) is 13.4 Å². The van der Waals surface area contributed by atoms with E-state index in [1.54, 1.807) is 12.3 Å². The molecule has 1 fully saturated rings. The van der Waals surface area contributed by atoms with Gasteiger partial charge in [-0.05, 0) is 25.6 Å². The van der Waals surface area contributed by atoms with E-state index in [2.05, 4.69) is 20.3 Å². The van der Waals surface area contributed by atoms with Crippen LogP contribution in [0.1, 0.15) is 5.56 Å². The van der Waals surface area contributed by atoms with Gasteiger partial charge in [0, 0.05) is 25.8 Å². The molecule has 126 valence electrons. The van der Waals surface area contributed by atoms with Crippen molar-refractivity contribution >= 4 is 27.3 Å². The summed E-state index contributed by atoms with van der Waals surface area (Å²) in [5.74, 6) is 0.0251. The van der Waals surface area contributed by atoms with Gasteiger partial charge in [0.25, 0.3) is 0 Å². The average molecular weight is 351 g/mol. The van der Waals surface area contributed by atoms with Crippen LogP contribution in [-0.2, 0) is 14.8 Å². The van der Waals surface area contributed by atoms with E-state index >= 15 is 0 Å². The lowest BCUT2D eigenvalue weighted by Crippen LogP contribution is -2.39. The first-order chi connectivity index (χ1) is 10.5. The summed E-state index contributed by atoms with van der Waals surface area (Å²) >= 11 is 5.89. The second-order valence-corrected chi connectivity index (χ2v) is 6.93. The van der Waals surface area contributed by atoms with Gasteiger partial charge >= 0.3 is 0 Å². The number of aryl methyl sites for hydroxylation is 1. The molecule has 2 heterocycles. The van der Waals surface area contributed by atoms with Gasteiger partial charge in [-0.2, -0.15) is 0 Å². The zero-order chi connectivity index (χ0) is 16.6. The van der Waals surface area contributed by atoms with Gasteiger partial charge in [0.1, 0.15) is 0 Å². The van der Waals surface area contributed by atoms with Crippen LogP contribution in [0.5, 0.6) is 0 Å². The number of sulfonamides is 1. The Balaban J connectivity index is 0.00000116. The summed E-state index contributed by atoms with van der Waals surface area (Å²) in [6.07, 6.45) is 1.59. The summed E-state index contributed by atoms with van der Waals surface area (Å²) in [5, 5.41) is 0.158. The smallest absolute Gasteiger partial charge is 0.234 e. The third kappa shape index (κ3) is 6.45. The summed E-state index contributed by atoms with van der Waals surface area (Å²) in [7, 11) is -1.93. The molecule has 0 spiro atoms. The zero-order valence-electron chi connectivity index (χ0n) is 12.9. The first-order valence-corrected chi connectivity index (χ1v) is 9.00. The van der Waals surface area contributed by atoms with E-state index in [1.807, 2.05) is 6.92 Å². The number of rotatable bonds is 5. The predicted octanol–water partition coefficient (Wildman–Crippen LogP) is 0.692. The summed E-state index contributed by atoms with van der Waals surface area (Å²) in [5.41, 5.74) is 5.67. The quantitative estimate of drug-likeness (QED) is 0.758. The van der Waals surface area contributed by atoms with Crippen LogP contribution in [-0.4, -0.2) is 64.0 Å². The molecule has 3 N–H and O–H groups in total. The minimum Gasteiger partial charge on any atom is -0.379 e. The maximum atomic E-state index is 12.1. The number of halogens is 1. The number of anilines is 1. The lowest BCUT2D eigenvalue weighted by molar-refractivity contribution is 0.0408. The Morgan fingerprint density at radius 2 is 2.05 bits per heavy atom. The first kappa shape index (κ1) is 19.1. The fourth-order valence-electron chi connectivity index (χ4n) is 1.92. The number of ether oxygens (including phenoxy) is 1. The van der Waals surface area contributed by atoms with E-state index < -0.39 is 10.0 Å². The highest BCUT2D eigenvalue weighted by Gasteiger charge is 2.17. The largest absolute Gasteiger partial charge is 0.379 e. The Morgan fingerprint density at radius 3 is 2.68 bits per heavy atom. The van der Waals surface area contributed by atoms with E-state index in [-0.39, 0.29) is 10.9 Å². The molecule has 0 atom stereocenters. The van der Waals surface area contributed by atoms with Gasteiger partial charge < -0.3 is 10.5 Å². The van der Waals surface area contributed by atoms with Gasteiger partial charge in [0.2, 0.25) is 10.0 Å². The Hall–Kier alpha value is -0.930. The number of nitrogens with two attached hydrogens (primary N) is 1. The lowest BCUT2D eigenvalue weighted by Gasteiger charge is -2.26. The third-order valence-corrected chi connectivity index (χ3v) is 4.57. The van der Waals surface area contributed by atoms with Gasteiger partial charge in [0.05, 0.1) is 24.7 Å². The van der Waals surface area contributed by atoms with Crippen molar-refractivity contribution in [2.24, 2.45) is 5.73 Å². The van der Waals surface area contributed by atoms with Crippen molar-refractivity contribution in [1.29, 1.82) is 0 Å². The Morgan fingerprint density at radius 1 is 1.41 bits per heavy atom. The molecular weight excluding hydrogens is 328 g/mol. The first-order valence-electron chi connectivity index (χ1n) is 6.97. The van der Waals surface area contributed by atoms with E-state index in [0.717, 1.165) is 18.7 Å². The molecule has 0 saturated carbocycles. The highest BCUT2D eigenvalue weighted by molar-refractivity contribution is 7.92. The van der Waals surface area contributed by atoms with Crippen LogP contribution in [0.15, 0.2) is 12.3 Å². The van der Waals surface area contributed by atoms with E-state index in [0.29, 0.717) is 25.4 Å². The van der Waals surface area contributed by atoms with E-state index in [4.69, 9.17) is 16.3 Å². The number of hydrogen-bond acceptors (Lipinski definition) is 6. The van der Waals surface area contributed by atoms with Crippen molar-refractivity contribution in [3.8, 4) is 0 Å². The van der Waals surface area contributed by atoms with E-state index in [1.165, 1.54) is 7.05 Å². The predicted molar refractivity (Wildman–Crippen MR) is 88.8 cm³/mol. The second kappa shape index (κ2) is 9.26. The summed E-state index contributed by atoms with van der Waals surface area (Å²) in [4.78, 5) is 5.99. The van der Waals surface area contributed by atoms with Crippen LogP contribution in [0, 0.1) is 6.92 Å². The minimum absolute atomic E-state index is 0.0251. The van der Waals surface area contributed by atoms with Gasteiger partial charge in [-0.1, -0.05) is 11.6 Å². The highest BCUT2D eigenvalue weighted by atomic mass is 35.5. The molecule has 0 unspecified atom stereocenters. The molecule has 22 heavy (non-hydrogen) atoms. The van der Waals surface area contributed by atoms with Crippen LogP contribution in [0.3, 0.4) is 0 Å². The fraction of sp³-hybridized carbons (Fsp3) is 0.615. The third-order valence-electron chi connectivity index (χ3n) is 3.02. The molecule has 1 saturated heterocycles. The number of nitrogens with zero attached hydrogens (tertiary/aromatic N) is 2. The Labute approximate surface area is 136 Å². The molecule has 2 rings (SSSR count). The molecule has 0 aliphatic carbocycles. The topological polar surface area (TPSA) is 97.5 Å². The molecule has 0 bridgehead atoms. The molecule has 7 nitrogen and oxygen atoms in total. The molecule has 9 heteroatoms. The van der Waals surface area contributed by atoms with Gasteiger partial charge in [0.15, 0.2) is 5.15 Å². The van der Waals surface area contributed by atoms with Crippen LogP contribution in [0.2, 0.25) is 5.15 Å². The zero-order valence-corrected chi connectivity index (χ0v) is 14.5. The highest BCUT2D eigenvalue weighted by Crippen LogP contribution is 2.21. The normalized spacial score (nSPS) is 15.8. The van der Waals surface area contributed by atoms with E-state index in [9.17, 15) is 8.42 Å². The number of morpholine rings is 1. The standard InChI is InChI=1S/C12H18ClN3O3S.CH5N/c1-10-8-11(12(13)14-9-10)15-20(17,18)7-4-16-2-5-19-6-3-16;1-2/h8-9,15H,2-7H2,1H3;2H2,1H3. The molecule has 0 aromatic carbocycles. The Bertz CT molecular complexity index is 562. The maximum absolute atomic E-state index is 12.1. The summed E-state index contributed by atoms with van der Waals surface area (Å²) in [6, 6.07) is 1.67. The van der Waals surface area contributed by atoms with Crippen LogP contribution in [0.25, 0.3) is 0 Å². The van der Waals surface area contributed by atoms with Crippen molar-refractivity contribution in [3.05, 3.63) is 23.0 Å². The minimum atomic E-state index is -3.43. The molecular formula is C13H23ClN4O3S. The van der Waals surface area contributed by atoms with Gasteiger partial charge in [-0.3, -0.25) is 9.62 Å². The monoisotopic (exact) mass is 350 g/mol. The van der Waals surface area contributed by atoms with Crippen molar-refractivity contribution in [2.45, 2.75) is 6.92 Å². The molecule has 1 aromatic heterocycles. The number of hydrogen-bond donors (Lipinski definition) is 2. The molecule has 1 aromatic rings. The van der Waals surface area contributed by atoms with Crippen molar-refractivity contribution in [3.63, 3.8) is 0 Å². The number of aromatic nitrogens is 1. The molecule has 0 radical (unpaired) electrons. The van der Waals surface area contributed by atoms with Crippen LogP contribution < -0.4 is 10.5 Å². The van der Waals surface area contributed by atoms with Crippen molar-refractivity contribution in [2.75, 3.05) is 50.4 Å². The summed E-state index contributed by atoms with van der Waals surface area (Å²) in [6.45, 7) is 5.15. The molecule has 1 aliphatic rings. The van der Waals surface area contributed by atoms with Crippen LogP contribution >= 0.6 is 11.6 Å². The van der Waals surface area contributed by atoms with Gasteiger partial charge in [-0.15, -0.1) is 0 Å². The molecule has 1 aliphatic heterocycles.